The normalized spacial score (nSPS) is 46.3. The molecule has 4 rings (SSSR count). The Kier molecular flexibility index (Phi) is 3.85. The van der Waals surface area contributed by atoms with E-state index >= 15 is 0 Å². The Morgan fingerprint density at radius 2 is 2.04 bits per heavy atom. The molecule has 0 radical (unpaired) electrons. The summed E-state index contributed by atoms with van der Waals surface area (Å²) in [6.07, 6.45) is 14.0. The van der Waals surface area contributed by atoms with E-state index in [1.807, 2.05) is 6.08 Å². The maximum atomic E-state index is 11.9. The van der Waals surface area contributed by atoms with Crippen LogP contribution in [-0.4, -0.2) is 27.6 Å². The molecule has 0 amide bonds. The van der Waals surface area contributed by atoms with Crippen LogP contribution in [0.2, 0.25) is 0 Å². The summed E-state index contributed by atoms with van der Waals surface area (Å²) in [7, 11) is 0. The highest BCUT2D eigenvalue weighted by Crippen LogP contribution is 2.64. The zero-order chi connectivity index (χ0) is 18.7. The van der Waals surface area contributed by atoms with Gasteiger partial charge in [-0.2, -0.15) is 0 Å². The van der Waals surface area contributed by atoms with E-state index in [4.69, 9.17) is 5.11 Å². The molecule has 1 saturated carbocycles. The summed E-state index contributed by atoms with van der Waals surface area (Å²) in [5, 5.41) is 20.4. The summed E-state index contributed by atoms with van der Waals surface area (Å²) in [6, 6.07) is 0. The zero-order valence-corrected chi connectivity index (χ0v) is 15.6. The van der Waals surface area contributed by atoms with Crippen LogP contribution in [0.5, 0.6) is 0 Å². The number of hydrogen-bond donors (Lipinski definition) is 2. The van der Waals surface area contributed by atoms with Crippen LogP contribution in [0.3, 0.4) is 0 Å². The third-order valence-corrected chi connectivity index (χ3v) is 8.02. The lowest BCUT2D eigenvalue weighted by Crippen LogP contribution is -2.51. The summed E-state index contributed by atoms with van der Waals surface area (Å²) < 4.78 is 0. The van der Waals surface area contributed by atoms with Crippen molar-refractivity contribution in [1.82, 2.24) is 0 Å². The first-order valence-electron chi connectivity index (χ1n) is 9.76. The molecule has 2 N–H and O–H groups in total. The molecule has 6 atom stereocenters. The Bertz CT molecular complexity index is 747. The van der Waals surface area contributed by atoms with Crippen LogP contribution in [0.25, 0.3) is 0 Å². The molecular formula is C22H28O4. The third kappa shape index (κ3) is 2.31. The molecule has 0 heterocycles. The molecule has 4 heteroatoms. The van der Waals surface area contributed by atoms with E-state index in [1.165, 1.54) is 0 Å². The quantitative estimate of drug-likeness (QED) is 0.757. The van der Waals surface area contributed by atoms with Gasteiger partial charge in [-0.3, -0.25) is 9.59 Å². The van der Waals surface area contributed by atoms with Crippen molar-refractivity contribution in [3.8, 4) is 0 Å². The smallest absolute Gasteiger partial charge is 0.303 e. The second-order valence-corrected chi connectivity index (χ2v) is 9.16. The Balaban J connectivity index is 1.70. The highest BCUT2D eigenvalue weighted by Gasteiger charge is 2.61. The van der Waals surface area contributed by atoms with E-state index in [2.05, 4.69) is 38.2 Å². The highest BCUT2D eigenvalue weighted by atomic mass is 16.4. The number of aliphatic carboxylic acids is 1. The monoisotopic (exact) mass is 356 g/mol. The predicted octanol–water partition coefficient (Wildman–Crippen LogP) is 3.67. The molecule has 140 valence electrons. The molecule has 3 unspecified atom stereocenters. The summed E-state index contributed by atoms with van der Waals surface area (Å²) in [5.41, 5.74) is -0.226. The van der Waals surface area contributed by atoms with Crippen molar-refractivity contribution in [2.24, 2.45) is 28.6 Å². The number of rotatable bonds is 3. The topological polar surface area (TPSA) is 74.6 Å². The van der Waals surface area contributed by atoms with Gasteiger partial charge in [-0.25, -0.2) is 0 Å². The number of ketones is 1. The van der Waals surface area contributed by atoms with Gasteiger partial charge in [-0.15, -0.1) is 0 Å². The summed E-state index contributed by atoms with van der Waals surface area (Å²) >= 11 is 0. The number of hydrogen-bond acceptors (Lipinski definition) is 3. The number of allylic oxidation sites excluding steroid dienone is 5. The molecule has 0 aromatic rings. The Hall–Kier alpha value is -1.68. The Labute approximate surface area is 154 Å². The van der Waals surface area contributed by atoms with Gasteiger partial charge < -0.3 is 10.2 Å². The molecule has 0 aromatic heterocycles. The van der Waals surface area contributed by atoms with Crippen LogP contribution >= 0.6 is 0 Å². The molecule has 0 aliphatic heterocycles. The second kappa shape index (κ2) is 5.66. The lowest BCUT2D eigenvalue weighted by molar-refractivity contribution is -0.140. The largest absolute Gasteiger partial charge is 0.481 e. The lowest BCUT2D eigenvalue weighted by atomic mass is 9.50. The number of aliphatic hydroxyl groups is 1. The molecule has 4 aliphatic carbocycles. The van der Waals surface area contributed by atoms with E-state index in [0.717, 1.165) is 18.4 Å². The highest BCUT2D eigenvalue weighted by molar-refractivity contribution is 5.92. The van der Waals surface area contributed by atoms with Crippen LogP contribution in [0.1, 0.15) is 52.4 Å². The fourth-order valence-corrected chi connectivity index (χ4v) is 6.21. The lowest BCUT2D eigenvalue weighted by Gasteiger charge is -2.54. The van der Waals surface area contributed by atoms with E-state index in [0.29, 0.717) is 37.0 Å². The molecule has 0 bridgehead atoms. The van der Waals surface area contributed by atoms with Crippen molar-refractivity contribution in [3.63, 3.8) is 0 Å². The predicted molar refractivity (Wildman–Crippen MR) is 98.3 cm³/mol. The molecule has 4 aliphatic rings. The fourth-order valence-electron chi connectivity index (χ4n) is 6.21. The number of fused-ring (bicyclic) bond motifs is 5. The van der Waals surface area contributed by atoms with Crippen molar-refractivity contribution < 1.29 is 19.8 Å². The van der Waals surface area contributed by atoms with Gasteiger partial charge in [0.05, 0.1) is 5.60 Å². The number of carbonyl (C=O) groups excluding carboxylic acids is 1. The van der Waals surface area contributed by atoms with Gasteiger partial charge in [0, 0.05) is 18.3 Å². The average molecular weight is 356 g/mol. The van der Waals surface area contributed by atoms with Crippen LogP contribution in [0, 0.1) is 28.6 Å². The van der Waals surface area contributed by atoms with Gasteiger partial charge in [0.2, 0.25) is 0 Å². The van der Waals surface area contributed by atoms with Crippen LogP contribution < -0.4 is 0 Å². The fraction of sp³-hybridized carbons (Fsp3) is 0.636. The molecule has 0 spiro atoms. The minimum atomic E-state index is -0.953. The minimum absolute atomic E-state index is 0.00327. The maximum absolute atomic E-state index is 11.9. The van der Waals surface area contributed by atoms with Gasteiger partial charge in [0.15, 0.2) is 5.78 Å². The van der Waals surface area contributed by atoms with Crippen molar-refractivity contribution in [2.45, 2.75) is 58.0 Å². The van der Waals surface area contributed by atoms with Gasteiger partial charge >= 0.3 is 5.97 Å². The molecule has 26 heavy (non-hydrogen) atoms. The minimum Gasteiger partial charge on any atom is -0.481 e. The van der Waals surface area contributed by atoms with E-state index in [9.17, 15) is 14.7 Å². The van der Waals surface area contributed by atoms with Crippen LogP contribution in [0.15, 0.2) is 36.0 Å². The molecular weight excluding hydrogens is 328 g/mol. The molecule has 0 aromatic carbocycles. The molecule has 1 fully saturated rings. The van der Waals surface area contributed by atoms with Gasteiger partial charge in [-0.1, -0.05) is 38.2 Å². The van der Waals surface area contributed by atoms with Gasteiger partial charge in [0.1, 0.15) is 0 Å². The summed E-state index contributed by atoms with van der Waals surface area (Å²) in [4.78, 5) is 22.9. The standard InChI is InChI=1S/C22H28O4/c1-20-9-5-15(23)13-14(20)3-4-16-17(20)6-10-21(2)18(16)7-11-22(21,26)12-8-19(24)25/h3-4,6,10,13,16-18,26H,5,7-9,11-12H2,1-2H3,(H,24,25)/t16?,17?,18?,20-,21-,22+/m0/s1. The van der Waals surface area contributed by atoms with Crippen molar-refractivity contribution in [2.75, 3.05) is 0 Å². The number of carboxylic acids is 1. The SMILES string of the molecule is C[C@]12CCC(=O)C=C1C=CC1C2C=C[C@@]2(C)C1CC[C@@]2(O)CCC(=O)O. The van der Waals surface area contributed by atoms with E-state index in [1.54, 1.807) is 0 Å². The number of carbonyl (C=O) groups is 2. The maximum Gasteiger partial charge on any atom is 0.303 e. The van der Waals surface area contributed by atoms with Crippen molar-refractivity contribution >= 4 is 11.8 Å². The second-order valence-electron chi connectivity index (χ2n) is 9.16. The van der Waals surface area contributed by atoms with E-state index in [-0.39, 0.29) is 17.6 Å². The molecule has 0 saturated heterocycles. The van der Waals surface area contributed by atoms with Gasteiger partial charge in [0.25, 0.3) is 0 Å². The first-order valence-corrected chi connectivity index (χ1v) is 9.76. The average Bonchev–Trinajstić information content (AvgIpc) is 2.86. The first kappa shape index (κ1) is 17.7. The summed E-state index contributed by atoms with van der Waals surface area (Å²) in [5.74, 6) is 0.346. The number of carboxylic acid groups (broad SMARTS) is 1. The zero-order valence-electron chi connectivity index (χ0n) is 15.6. The van der Waals surface area contributed by atoms with E-state index < -0.39 is 17.0 Å². The molecule has 4 nitrogen and oxygen atoms in total. The first-order chi connectivity index (χ1) is 12.2. The van der Waals surface area contributed by atoms with Crippen LogP contribution in [0.4, 0.5) is 0 Å². The third-order valence-electron chi connectivity index (χ3n) is 8.02. The Morgan fingerprint density at radius 3 is 2.77 bits per heavy atom. The van der Waals surface area contributed by atoms with Gasteiger partial charge in [-0.05, 0) is 60.5 Å². The van der Waals surface area contributed by atoms with Crippen molar-refractivity contribution in [1.29, 1.82) is 0 Å². The van der Waals surface area contributed by atoms with Crippen LogP contribution in [-0.2, 0) is 9.59 Å². The summed E-state index contributed by atoms with van der Waals surface area (Å²) in [6.45, 7) is 4.37. The van der Waals surface area contributed by atoms with Crippen molar-refractivity contribution in [3.05, 3.63) is 36.0 Å². The Morgan fingerprint density at radius 1 is 1.27 bits per heavy atom.